The van der Waals surface area contributed by atoms with Crippen LogP contribution in [-0.2, 0) is 6.54 Å². The molecule has 0 fully saturated rings. The number of nitrogens with zero attached hydrogens (tertiary/aromatic N) is 3. The minimum atomic E-state index is 0.699. The number of benzene rings is 2. The van der Waals surface area contributed by atoms with Gasteiger partial charge in [-0.25, -0.2) is 4.68 Å². The van der Waals surface area contributed by atoms with Crippen LogP contribution >= 0.6 is 15.9 Å². The van der Waals surface area contributed by atoms with Gasteiger partial charge in [0.2, 0.25) is 0 Å². The molecule has 21 heavy (non-hydrogen) atoms. The monoisotopic (exact) mass is 343 g/mol. The number of halogens is 1. The van der Waals surface area contributed by atoms with Crippen molar-refractivity contribution in [3.05, 3.63) is 64.8 Å². The zero-order chi connectivity index (χ0) is 14.7. The van der Waals surface area contributed by atoms with Crippen molar-refractivity contribution in [1.29, 1.82) is 0 Å². The van der Waals surface area contributed by atoms with Gasteiger partial charge in [-0.15, -0.1) is 5.10 Å². The van der Waals surface area contributed by atoms with E-state index in [9.17, 15) is 0 Å². The molecule has 2 aromatic carbocycles. The molecule has 0 spiro atoms. The molecule has 0 amide bonds. The average Bonchev–Trinajstić information content (AvgIpc) is 2.96. The number of aromatic nitrogens is 3. The van der Waals surface area contributed by atoms with Gasteiger partial charge >= 0.3 is 0 Å². The van der Waals surface area contributed by atoms with Crippen LogP contribution in [0.1, 0.15) is 5.56 Å². The van der Waals surface area contributed by atoms with Crippen molar-refractivity contribution < 1.29 is 4.74 Å². The molecular formula is C16H14BrN3O. The third kappa shape index (κ3) is 3.13. The Morgan fingerprint density at radius 1 is 1.14 bits per heavy atom. The summed E-state index contributed by atoms with van der Waals surface area (Å²) in [5.74, 6) is 0.782. The predicted molar refractivity (Wildman–Crippen MR) is 85.3 cm³/mol. The molecule has 0 unspecified atom stereocenters. The van der Waals surface area contributed by atoms with Crippen molar-refractivity contribution >= 4 is 15.9 Å². The fraction of sp³-hybridized carbons (Fsp3) is 0.125. The molecule has 3 rings (SSSR count). The molecule has 0 radical (unpaired) electrons. The van der Waals surface area contributed by atoms with E-state index in [2.05, 4.69) is 38.4 Å². The molecule has 106 valence electrons. The molecule has 1 aromatic heterocycles. The first-order valence-electron chi connectivity index (χ1n) is 6.54. The molecule has 0 atom stereocenters. The first kappa shape index (κ1) is 13.8. The largest absolute Gasteiger partial charge is 0.496 e. The van der Waals surface area contributed by atoms with E-state index in [0.717, 1.165) is 21.5 Å². The van der Waals surface area contributed by atoms with Crippen LogP contribution in [0.5, 0.6) is 5.75 Å². The second-order valence-electron chi connectivity index (χ2n) is 4.63. The minimum Gasteiger partial charge on any atom is -0.496 e. The summed E-state index contributed by atoms with van der Waals surface area (Å²) in [5.41, 5.74) is 2.91. The Morgan fingerprint density at radius 3 is 2.71 bits per heavy atom. The Bertz CT molecular complexity index is 740. The molecular weight excluding hydrogens is 330 g/mol. The van der Waals surface area contributed by atoms with Crippen LogP contribution in [0.3, 0.4) is 0 Å². The van der Waals surface area contributed by atoms with Gasteiger partial charge in [-0.3, -0.25) is 0 Å². The van der Waals surface area contributed by atoms with Crippen molar-refractivity contribution in [2.75, 3.05) is 7.11 Å². The van der Waals surface area contributed by atoms with Crippen molar-refractivity contribution in [2.24, 2.45) is 0 Å². The van der Waals surface area contributed by atoms with Crippen LogP contribution in [-0.4, -0.2) is 22.1 Å². The van der Waals surface area contributed by atoms with Crippen molar-refractivity contribution in [1.82, 2.24) is 15.0 Å². The highest BCUT2D eigenvalue weighted by molar-refractivity contribution is 9.10. The maximum Gasteiger partial charge on any atom is 0.128 e. The van der Waals surface area contributed by atoms with Gasteiger partial charge in [0.05, 0.1) is 19.9 Å². The molecule has 3 aromatic rings. The lowest BCUT2D eigenvalue weighted by atomic mass is 10.1. The van der Waals surface area contributed by atoms with Crippen LogP contribution < -0.4 is 4.74 Å². The molecule has 0 N–H and O–H groups in total. The standard InChI is InChI=1S/C16H14BrN3O/c1-21-16-8-7-13(17)9-14(16)15-11-20(19-18-15)10-12-5-3-2-4-6-12/h2-9,11H,10H2,1H3. The highest BCUT2D eigenvalue weighted by Gasteiger charge is 2.10. The maximum atomic E-state index is 5.38. The fourth-order valence-electron chi connectivity index (χ4n) is 2.15. The molecule has 0 saturated heterocycles. The summed E-state index contributed by atoms with van der Waals surface area (Å²) < 4.78 is 8.19. The molecule has 0 aliphatic rings. The highest BCUT2D eigenvalue weighted by Crippen LogP contribution is 2.31. The van der Waals surface area contributed by atoms with E-state index < -0.39 is 0 Å². The second-order valence-corrected chi connectivity index (χ2v) is 5.55. The van der Waals surface area contributed by atoms with Gasteiger partial charge in [-0.2, -0.15) is 0 Å². The van der Waals surface area contributed by atoms with Gasteiger partial charge in [-0.05, 0) is 23.8 Å². The summed E-state index contributed by atoms with van der Waals surface area (Å²) in [6.07, 6.45) is 1.93. The third-order valence-electron chi connectivity index (χ3n) is 3.16. The smallest absolute Gasteiger partial charge is 0.128 e. The molecule has 5 heteroatoms. The SMILES string of the molecule is COc1ccc(Br)cc1-c1cn(Cc2ccccc2)nn1. The number of ether oxygens (including phenoxy) is 1. The van der Waals surface area contributed by atoms with Gasteiger partial charge in [0.15, 0.2) is 0 Å². The molecule has 1 heterocycles. The van der Waals surface area contributed by atoms with E-state index >= 15 is 0 Å². The van der Waals surface area contributed by atoms with Gasteiger partial charge in [0.1, 0.15) is 11.4 Å². The van der Waals surface area contributed by atoms with E-state index in [4.69, 9.17) is 4.74 Å². The normalized spacial score (nSPS) is 10.6. The van der Waals surface area contributed by atoms with Crippen LogP contribution in [0.4, 0.5) is 0 Å². The molecule has 4 nitrogen and oxygen atoms in total. The summed E-state index contributed by atoms with van der Waals surface area (Å²) >= 11 is 3.47. The lowest BCUT2D eigenvalue weighted by Gasteiger charge is -2.05. The molecule has 0 aliphatic carbocycles. The lowest BCUT2D eigenvalue weighted by Crippen LogP contribution is -1.99. The summed E-state index contributed by atoms with van der Waals surface area (Å²) in [6, 6.07) is 16.0. The van der Waals surface area contributed by atoms with E-state index in [-0.39, 0.29) is 0 Å². The van der Waals surface area contributed by atoms with Crippen molar-refractivity contribution in [3.63, 3.8) is 0 Å². The van der Waals surface area contributed by atoms with Gasteiger partial charge in [0.25, 0.3) is 0 Å². The third-order valence-corrected chi connectivity index (χ3v) is 3.66. The topological polar surface area (TPSA) is 39.9 Å². The highest BCUT2D eigenvalue weighted by atomic mass is 79.9. The minimum absolute atomic E-state index is 0.699. The summed E-state index contributed by atoms with van der Waals surface area (Å²) in [5, 5.41) is 8.43. The van der Waals surface area contributed by atoms with Gasteiger partial charge in [-0.1, -0.05) is 51.5 Å². The Labute approximate surface area is 131 Å². The number of hydrogen-bond acceptors (Lipinski definition) is 3. The maximum absolute atomic E-state index is 5.38. The Kier molecular flexibility index (Phi) is 4.01. The number of hydrogen-bond donors (Lipinski definition) is 0. The molecule has 0 aliphatic heterocycles. The predicted octanol–water partition coefficient (Wildman–Crippen LogP) is 3.76. The van der Waals surface area contributed by atoms with Crippen LogP contribution in [0, 0.1) is 0 Å². The summed E-state index contributed by atoms with van der Waals surface area (Å²) in [7, 11) is 1.65. The van der Waals surface area contributed by atoms with Gasteiger partial charge < -0.3 is 4.74 Å². The number of rotatable bonds is 4. The quantitative estimate of drug-likeness (QED) is 0.723. The first-order chi connectivity index (χ1) is 10.3. The van der Waals surface area contributed by atoms with E-state index in [1.54, 1.807) is 7.11 Å². The Hall–Kier alpha value is -2.14. The van der Waals surface area contributed by atoms with Crippen molar-refractivity contribution in [2.45, 2.75) is 6.54 Å². The summed E-state index contributed by atoms with van der Waals surface area (Å²) in [6.45, 7) is 0.699. The summed E-state index contributed by atoms with van der Waals surface area (Å²) in [4.78, 5) is 0. The lowest BCUT2D eigenvalue weighted by molar-refractivity contribution is 0.416. The molecule has 0 bridgehead atoms. The first-order valence-corrected chi connectivity index (χ1v) is 7.33. The van der Waals surface area contributed by atoms with Crippen molar-refractivity contribution in [3.8, 4) is 17.0 Å². The van der Waals surface area contributed by atoms with E-state index in [1.165, 1.54) is 5.56 Å². The van der Waals surface area contributed by atoms with Crippen LogP contribution in [0.15, 0.2) is 59.2 Å². The van der Waals surface area contributed by atoms with Crippen LogP contribution in [0.2, 0.25) is 0 Å². The zero-order valence-electron chi connectivity index (χ0n) is 11.5. The van der Waals surface area contributed by atoms with Gasteiger partial charge in [0, 0.05) is 10.0 Å². The van der Waals surface area contributed by atoms with E-state index in [0.29, 0.717) is 6.54 Å². The molecule has 0 saturated carbocycles. The Morgan fingerprint density at radius 2 is 1.95 bits per heavy atom. The number of methoxy groups -OCH3 is 1. The zero-order valence-corrected chi connectivity index (χ0v) is 13.1. The Balaban J connectivity index is 1.90. The fourth-order valence-corrected chi connectivity index (χ4v) is 2.51. The van der Waals surface area contributed by atoms with E-state index in [1.807, 2.05) is 47.3 Å². The average molecular weight is 344 g/mol. The second kappa shape index (κ2) is 6.10. The van der Waals surface area contributed by atoms with Crippen LogP contribution in [0.25, 0.3) is 11.3 Å².